The molecule has 0 spiro atoms. The Morgan fingerprint density at radius 1 is 0.811 bits per heavy atom. The van der Waals surface area contributed by atoms with Gasteiger partial charge in [0.1, 0.15) is 5.84 Å². The molecular formula is C19H14BrF9N2O4S2. The summed E-state index contributed by atoms with van der Waals surface area (Å²) >= 11 is 3.01. The maximum Gasteiger partial charge on any atom is 0.460 e. The van der Waals surface area contributed by atoms with Gasteiger partial charge in [0.25, 0.3) is 10.0 Å². The van der Waals surface area contributed by atoms with E-state index in [1.807, 2.05) is 0 Å². The Labute approximate surface area is 212 Å². The van der Waals surface area contributed by atoms with Crippen LogP contribution < -0.4 is 4.72 Å². The lowest BCUT2D eigenvalue weighted by Crippen LogP contribution is -2.65. The van der Waals surface area contributed by atoms with Gasteiger partial charge in [-0.05, 0) is 36.8 Å². The minimum absolute atomic E-state index is 0.0197. The molecular weight excluding hydrogens is 635 g/mol. The zero-order valence-electron chi connectivity index (χ0n) is 18.0. The fourth-order valence-electron chi connectivity index (χ4n) is 2.54. The molecule has 206 valence electrons. The Morgan fingerprint density at radius 3 is 1.76 bits per heavy atom. The normalized spacial score (nSPS) is 14.5. The van der Waals surface area contributed by atoms with Gasteiger partial charge in [0, 0.05) is 10.9 Å². The molecule has 0 aliphatic rings. The first kappa shape index (κ1) is 30.9. The highest BCUT2D eigenvalue weighted by molar-refractivity contribution is 9.10. The first-order valence-electron chi connectivity index (χ1n) is 9.42. The Hall–Kier alpha value is -2.34. The largest absolute Gasteiger partial charge is 0.460 e. The second-order valence-electron chi connectivity index (χ2n) is 7.40. The van der Waals surface area contributed by atoms with E-state index in [2.05, 4.69) is 20.3 Å². The highest BCUT2D eigenvalue weighted by Gasteiger charge is 2.85. The zero-order chi connectivity index (χ0) is 28.7. The van der Waals surface area contributed by atoms with Gasteiger partial charge in [-0.2, -0.15) is 56.3 Å². The molecule has 0 saturated carbocycles. The van der Waals surface area contributed by atoms with Crippen molar-refractivity contribution < 1.29 is 56.3 Å². The predicted octanol–water partition coefficient (Wildman–Crippen LogP) is 5.43. The van der Waals surface area contributed by atoms with Crippen LogP contribution in [-0.4, -0.2) is 45.9 Å². The van der Waals surface area contributed by atoms with Crippen LogP contribution in [0.2, 0.25) is 0 Å². The molecule has 0 aliphatic carbocycles. The molecule has 6 nitrogen and oxygen atoms in total. The van der Waals surface area contributed by atoms with Crippen LogP contribution in [0.4, 0.5) is 39.5 Å². The number of nitrogens with one attached hydrogen (secondary N) is 1. The maximum atomic E-state index is 14.2. The summed E-state index contributed by atoms with van der Waals surface area (Å²) in [4.78, 5) is -0.628. The van der Waals surface area contributed by atoms with Crippen LogP contribution in [0, 0.1) is 6.92 Å². The molecule has 1 N–H and O–H groups in total. The number of benzene rings is 2. The molecule has 2 aromatic carbocycles. The molecule has 0 bridgehead atoms. The van der Waals surface area contributed by atoms with Gasteiger partial charge in [-0.1, -0.05) is 45.8 Å². The van der Waals surface area contributed by atoms with Crippen molar-refractivity contribution in [2.75, 3.05) is 0 Å². The van der Waals surface area contributed by atoms with Gasteiger partial charge < -0.3 is 0 Å². The molecule has 37 heavy (non-hydrogen) atoms. The Bertz CT molecular complexity index is 1380. The fourth-order valence-corrected chi connectivity index (χ4v) is 4.87. The van der Waals surface area contributed by atoms with Gasteiger partial charge in [-0.15, -0.1) is 4.40 Å². The topological polar surface area (TPSA) is 92.7 Å². The van der Waals surface area contributed by atoms with Gasteiger partial charge in [-0.3, -0.25) is 4.72 Å². The summed E-state index contributed by atoms with van der Waals surface area (Å²) in [5.74, 6) is -16.5. The van der Waals surface area contributed by atoms with Crippen LogP contribution in [0.5, 0.6) is 0 Å². The van der Waals surface area contributed by atoms with Crippen LogP contribution in [0.15, 0.2) is 62.3 Å². The zero-order valence-corrected chi connectivity index (χ0v) is 21.2. The number of amidine groups is 1. The van der Waals surface area contributed by atoms with Crippen molar-refractivity contribution in [1.82, 2.24) is 4.72 Å². The van der Waals surface area contributed by atoms with E-state index in [4.69, 9.17) is 0 Å². The van der Waals surface area contributed by atoms with Crippen LogP contribution in [0.1, 0.15) is 11.1 Å². The summed E-state index contributed by atoms with van der Waals surface area (Å²) in [6.07, 6.45) is -8.24. The molecule has 0 atom stereocenters. The van der Waals surface area contributed by atoms with E-state index in [9.17, 15) is 56.3 Å². The van der Waals surface area contributed by atoms with E-state index in [1.165, 1.54) is 36.4 Å². The van der Waals surface area contributed by atoms with Crippen molar-refractivity contribution >= 4 is 41.8 Å². The number of alkyl halides is 9. The van der Waals surface area contributed by atoms with E-state index < -0.39 is 60.5 Å². The standard InChI is InChI=1S/C19H14BrF9N2O4S2/c1-11-2-4-12(5-3-11)10-15(30-36(32,33)14-8-6-13(20)7-9-14)31-37(34,35)19(28,29)17(23,24)16(21,22)18(25,26)27/h2-9H,10H2,1H3,(H,30,31). The summed E-state index contributed by atoms with van der Waals surface area (Å²) in [6.45, 7) is 1.60. The van der Waals surface area contributed by atoms with E-state index in [1.54, 1.807) is 6.92 Å². The summed E-state index contributed by atoms with van der Waals surface area (Å²) in [6, 6.07) is 9.53. The number of halogens is 10. The minimum atomic E-state index is -7.51. The first-order chi connectivity index (χ1) is 16.5. The molecule has 2 aromatic rings. The van der Waals surface area contributed by atoms with Crippen LogP contribution in [0.25, 0.3) is 0 Å². The lowest BCUT2D eigenvalue weighted by atomic mass is 10.1. The molecule has 0 fully saturated rings. The SMILES string of the molecule is Cc1ccc(C/C(=N\S(=O)(=O)c2ccc(Br)cc2)NS(=O)(=O)C(F)(F)C(F)(F)C(F)(F)C(F)(F)F)cc1. The number of hydrogen-bond acceptors (Lipinski definition) is 4. The van der Waals surface area contributed by atoms with E-state index in [-0.39, 0.29) is 5.56 Å². The van der Waals surface area contributed by atoms with Crippen molar-refractivity contribution in [2.24, 2.45) is 4.40 Å². The van der Waals surface area contributed by atoms with Crippen LogP contribution in [-0.2, 0) is 26.5 Å². The molecule has 2 rings (SSSR count). The van der Waals surface area contributed by atoms with Crippen molar-refractivity contribution in [3.63, 3.8) is 0 Å². The van der Waals surface area contributed by atoms with Crippen LogP contribution >= 0.6 is 15.9 Å². The molecule has 0 heterocycles. The average molecular weight is 649 g/mol. The van der Waals surface area contributed by atoms with Gasteiger partial charge in [-0.25, -0.2) is 0 Å². The second-order valence-corrected chi connectivity index (χ2v) is 11.6. The third kappa shape index (κ3) is 6.22. The van der Waals surface area contributed by atoms with Crippen LogP contribution in [0.3, 0.4) is 0 Å². The summed E-state index contributed by atoms with van der Waals surface area (Å²) < 4.78 is 173. The highest BCUT2D eigenvalue weighted by atomic mass is 79.9. The van der Waals surface area contributed by atoms with Crippen molar-refractivity contribution in [2.45, 2.75) is 41.5 Å². The third-order valence-corrected chi connectivity index (χ3v) is 7.83. The van der Waals surface area contributed by atoms with E-state index >= 15 is 0 Å². The Balaban J connectivity index is 2.62. The molecule has 0 aromatic heterocycles. The van der Waals surface area contributed by atoms with Gasteiger partial charge >= 0.3 is 33.3 Å². The second kappa shape index (κ2) is 10.1. The van der Waals surface area contributed by atoms with E-state index in [0.717, 1.165) is 12.1 Å². The summed E-state index contributed by atoms with van der Waals surface area (Å²) in [5, 5.41) is -7.09. The molecule has 0 radical (unpaired) electrons. The van der Waals surface area contributed by atoms with Crippen molar-refractivity contribution in [1.29, 1.82) is 0 Å². The van der Waals surface area contributed by atoms with Gasteiger partial charge in [0.2, 0.25) is 0 Å². The third-order valence-electron chi connectivity index (χ3n) is 4.54. The first-order valence-corrected chi connectivity index (χ1v) is 13.1. The van der Waals surface area contributed by atoms with Crippen molar-refractivity contribution in [3.05, 3.63) is 64.1 Å². The maximum absolute atomic E-state index is 14.2. The molecule has 0 amide bonds. The lowest BCUT2D eigenvalue weighted by molar-refractivity contribution is -0.382. The quantitative estimate of drug-likeness (QED) is 0.235. The summed E-state index contributed by atoms with van der Waals surface area (Å²) in [7, 11) is -12.1. The number of sulfonamides is 2. The van der Waals surface area contributed by atoms with Crippen molar-refractivity contribution in [3.8, 4) is 0 Å². The minimum Gasteiger partial charge on any atom is -0.265 e. The Morgan fingerprint density at radius 2 is 1.30 bits per heavy atom. The lowest BCUT2D eigenvalue weighted by Gasteiger charge is -2.33. The number of nitrogens with zero attached hydrogens (tertiary/aromatic N) is 1. The molecule has 0 unspecified atom stereocenters. The van der Waals surface area contributed by atoms with Gasteiger partial charge in [0.05, 0.1) is 4.90 Å². The van der Waals surface area contributed by atoms with Gasteiger partial charge in [0.15, 0.2) is 0 Å². The number of hydrogen-bond donors (Lipinski definition) is 1. The van der Waals surface area contributed by atoms with E-state index in [0.29, 0.717) is 14.8 Å². The number of rotatable bonds is 8. The molecule has 18 heteroatoms. The fraction of sp³-hybridized carbons (Fsp3) is 0.316. The monoisotopic (exact) mass is 648 g/mol. The molecule has 0 aliphatic heterocycles. The Kier molecular flexibility index (Phi) is 8.42. The average Bonchev–Trinajstić information content (AvgIpc) is 2.74. The highest BCUT2D eigenvalue weighted by Crippen LogP contribution is 2.54. The number of aryl methyl sites for hydroxylation is 1. The molecule has 0 saturated heterocycles. The summed E-state index contributed by atoms with van der Waals surface area (Å²) in [5.41, 5.74) is 0.611. The predicted molar refractivity (Wildman–Crippen MR) is 117 cm³/mol. The smallest absolute Gasteiger partial charge is 0.265 e.